The normalized spacial score (nSPS) is 10.7. The quantitative estimate of drug-likeness (QED) is 0.500. The molecule has 3 rings (SSSR count). The third-order valence-corrected chi connectivity index (χ3v) is 4.85. The van der Waals surface area contributed by atoms with E-state index in [0.717, 1.165) is 28.6 Å². The number of amides is 1. The van der Waals surface area contributed by atoms with Crippen molar-refractivity contribution in [3.8, 4) is 5.75 Å². The highest BCUT2D eigenvalue weighted by Crippen LogP contribution is 2.22. The highest BCUT2D eigenvalue weighted by molar-refractivity contribution is 9.10. The smallest absolute Gasteiger partial charge is 0.277 e. The largest absolute Gasteiger partial charge is 0.484 e. The van der Waals surface area contributed by atoms with Gasteiger partial charge in [0.05, 0.1) is 11.4 Å². The van der Waals surface area contributed by atoms with E-state index in [2.05, 4.69) is 37.5 Å². The average Bonchev–Trinajstić information content (AvgIpc) is 3.08. The van der Waals surface area contributed by atoms with Crippen molar-refractivity contribution in [1.29, 1.82) is 0 Å². The van der Waals surface area contributed by atoms with Gasteiger partial charge in [-0.2, -0.15) is 0 Å². The second-order valence-electron chi connectivity index (χ2n) is 6.03. The van der Waals surface area contributed by atoms with Crippen LogP contribution < -0.4 is 10.1 Å². The molecule has 0 fully saturated rings. The van der Waals surface area contributed by atoms with Crippen LogP contribution >= 0.6 is 27.7 Å². The number of hydrogen-bond donors (Lipinski definition) is 1. The molecule has 0 radical (unpaired) electrons. The monoisotopic (exact) mass is 465 g/mol. The lowest BCUT2D eigenvalue weighted by molar-refractivity contribution is -0.113. The third-order valence-electron chi connectivity index (χ3n) is 3.54. The lowest BCUT2D eigenvalue weighted by Gasteiger charge is -2.06. The molecule has 146 valence electrons. The maximum atomic E-state index is 13.7. The number of benzene rings is 2. The Hall–Kier alpha value is -2.39. The standard InChI is InChI=1S/C19H17BrFN3O3S/c1-11-5-12(2)7-14(6-11)26-9-18-23-24-19(27-18)28-10-17(25)22-16-4-3-13(20)8-15(16)21/h3-8H,9-10H2,1-2H3,(H,22,25). The van der Waals surface area contributed by atoms with Gasteiger partial charge in [-0.1, -0.05) is 33.8 Å². The Labute approximate surface area is 174 Å². The van der Waals surface area contributed by atoms with Crippen LogP contribution in [0.4, 0.5) is 10.1 Å². The number of aryl methyl sites for hydroxylation is 2. The minimum atomic E-state index is -0.517. The summed E-state index contributed by atoms with van der Waals surface area (Å²) in [6, 6.07) is 10.3. The van der Waals surface area contributed by atoms with E-state index in [9.17, 15) is 9.18 Å². The first-order valence-electron chi connectivity index (χ1n) is 8.30. The number of anilines is 1. The third kappa shape index (κ3) is 5.80. The zero-order valence-corrected chi connectivity index (χ0v) is 17.6. The fraction of sp³-hybridized carbons (Fsp3) is 0.211. The van der Waals surface area contributed by atoms with E-state index in [4.69, 9.17) is 9.15 Å². The first kappa shape index (κ1) is 20.3. The number of aromatic nitrogens is 2. The van der Waals surface area contributed by atoms with Crippen molar-refractivity contribution in [3.05, 3.63) is 63.7 Å². The first-order chi connectivity index (χ1) is 13.4. The summed E-state index contributed by atoms with van der Waals surface area (Å²) in [5.41, 5.74) is 2.32. The molecule has 0 spiro atoms. The predicted molar refractivity (Wildman–Crippen MR) is 108 cm³/mol. The molecular formula is C19H17BrFN3O3S. The Morgan fingerprint density at radius 1 is 1.21 bits per heavy atom. The van der Waals surface area contributed by atoms with Crippen LogP contribution in [-0.2, 0) is 11.4 Å². The Balaban J connectivity index is 1.49. The summed E-state index contributed by atoms with van der Waals surface area (Å²) in [4.78, 5) is 12.0. The van der Waals surface area contributed by atoms with Crippen LogP contribution in [0, 0.1) is 19.7 Å². The minimum absolute atomic E-state index is 0.00900. The van der Waals surface area contributed by atoms with Crippen molar-refractivity contribution in [2.24, 2.45) is 0 Å². The number of carbonyl (C=O) groups excluding carboxylic acids is 1. The minimum Gasteiger partial charge on any atom is -0.484 e. The van der Waals surface area contributed by atoms with E-state index >= 15 is 0 Å². The van der Waals surface area contributed by atoms with Gasteiger partial charge >= 0.3 is 0 Å². The highest BCUT2D eigenvalue weighted by atomic mass is 79.9. The second kappa shape index (κ2) is 9.20. The molecule has 1 amide bonds. The van der Waals surface area contributed by atoms with Crippen LogP contribution in [0.3, 0.4) is 0 Å². The van der Waals surface area contributed by atoms with Gasteiger partial charge < -0.3 is 14.5 Å². The van der Waals surface area contributed by atoms with Gasteiger partial charge in [0, 0.05) is 4.47 Å². The average molecular weight is 466 g/mol. The topological polar surface area (TPSA) is 77.2 Å². The van der Waals surface area contributed by atoms with E-state index in [1.807, 2.05) is 26.0 Å². The van der Waals surface area contributed by atoms with Crippen molar-refractivity contribution >= 4 is 39.3 Å². The van der Waals surface area contributed by atoms with Crippen molar-refractivity contribution in [3.63, 3.8) is 0 Å². The van der Waals surface area contributed by atoms with Crippen LogP contribution in [0.25, 0.3) is 0 Å². The van der Waals surface area contributed by atoms with Gasteiger partial charge in [-0.25, -0.2) is 4.39 Å². The molecule has 0 aliphatic heterocycles. The van der Waals surface area contributed by atoms with Gasteiger partial charge in [-0.05, 0) is 55.3 Å². The molecule has 28 heavy (non-hydrogen) atoms. The second-order valence-corrected chi connectivity index (χ2v) is 7.88. The number of ether oxygens (including phenoxy) is 1. The Morgan fingerprint density at radius 3 is 2.68 bits per heavy atom. The molecule has 0 bridgehead atoms. The van der Waals surface area contributed by atoms with E-state index in [1.165, 1.54) is 12.1 Å². The molecule has 0 saturated heterocycles. The fourth-order valence-corrected chi connectivity index (χ4v) is 3.33. The van der Waals surface area contributed by atoms with Gasteiger partial charge in [-0.15, -0.1) is 10.2 Å². The number of nitrogens with one attached hydrogen (secondary N) is 1. The van der Waals surface area contributed by atoms with Crippen LogP contribution in [-0.4, -0.2) is 21.9 Å². The van der Waals surface area contributed by atoms with E-state index in [0.29, 0.717) is 10.4 Å². The van der Waals surface area contributed by atoms with Crippen molar-refractivity contribution < 1.29 is 18.3 Å². The maximum absolute atomic E-state index is 13.7. The molecule has 1 aromatic heterocycles. The first-order valence-corrected chi connectivity index (χ1v) is 10.1. The Kier molecular flexibility index (Phi) is 6.69. The summed E-state index contributed by atoms with van der Waals surface area (Å²) in [5, 5.41) is 10.5. The number of hydrogen-bond acceptors (Lipinski definition) is 6. The number of halogens is 2. The van der Waals surface area contributed by atoms with Crippen molar-refractivity contribution in [2.45, 2.75) is 25.7 Å². The molecule has 0 unspecified atom stereocenters. The molecule has 0 aliphatic carbocycles. The number of nitrogens with zero attached hydrogens (tertiary/aromatic N) is 2. The van der Waals surface area contributed by atoms with Crippen LogP contribution in [0.15, 0.2) is 50.5 Å². The number of carbonyl (C=O) groups is 1. The summed E-state index contributed by atoms with van der Waals surface area (Å²) < 4.78 is 25.5. The van der Waals surface area contributed by atoms with Crippen molar-refractivity contribution in [2.75, 3.05) is 11.1 Å². The van der Waals surface area contributed by atoms with Crippen molar-refractivity contribution in [1.82, 2.24) is 10.2 Å². The van der Waals surface area contributed by atoms with Gasteiger partial charge in [0.15, 0.2) is 6.61 Å². The molecule has 6 nitrogen and oxygen atoms in total. The van der Waals surface area contributed by atoms with Crippen LogP contribution in [0.2, 0.25) is 0 Å². The lowest BCUT2D eigenvalue weighted by Crippen LogP contribution is -2.15. The summed E-state index contributed by atoms with van der Waals surface area (Å²) in [6.07, 6.45) is 0. The highest BCUT2D eigenvalue weighted by Gasteiger charge is 2.12. The SMILES string of the molecule is Cc1cc(C)cc(OCc2nnc(SCC(=O)Nc3ccc(Br)cc3F)o2)c1. The number of thioether (sulfide) groups is 1. The van der Waals surface area contributed by atoms with Crippen LogP contribution in [0.5, 0.6) is 5.75 Å². The summed E-state index contributed by atoms with van der Waals surface area (Å²) in [6.45, 7) is 4.12. The molecule has 1 N–H and O–H groups in total. The molecule has 0 saturated carbocycles. The summed E-state index contributed by atoms with van der Waals surface area (Å²) in [5.74, 6) is 0.144. The zero-order chi connectivity index (χ0) is 20.1. The Bertz CT molecular complexity index is 976. The van der Waals surface area contributed by atoms with Gasteiger partial charge in [0.25, 0.3) is 11.1 Å². The van der Waals surface area contributed by atoms with E-state index in [1.54, 1.807) is 6.07 Å². The van der Waals surface area contributed by atoms with Crippen LogP contribution in [0.1, 0.15) is 17.0 Å². The fourth-order valence-electron chi connectivity index (χ4n) is 2.42. The zero-order valence-electron chi connectivity index (χ0n) is 15.2. The molecule has 0 atom stereocenters. The van der Waals surface area contributed by atoms with E-state index < -0.39 is 5.82 Å². The predicted octanol–water partition coefficient (Wildman–Crippen LogP) is 4.90. The van der Waals surface area contributed by atoms with E-state index in [-0.39, 0.29) is 29.2 Å². The molecular weight excluding hydrogens is 449 g/mol. The number of rotatable bonds is 7. The summed E-state index contributed by atoms with van der Waals surface area (Å²) in [7, 11) is 0. The molecule has 3 aromatic rings. The van der Waals surface area contributed by atoms with Gasteiger partial charge in [0.2, 0.25) is 5.91 Å². The van der Waals surface area contributed by atoms with Gasteiger partial charge in [-0.3, -0.25) is 4.79 Å². The Morgan fingerprint density at radius 2 is 1.96 bits per heavy atom. The van der Waals surface area contributed by atoms with Gasteiger partial charge in [0.1, 0.15) is 11.6 Å². The maximum Gasteiger partial charge on any atom is 0.277 e. The lowest BCUT2D eigenvalue weighted by atomic mass is 10.1. The molecule has 2 aromatic carbocycles. The molecule has 1 heterocycles. The molecule has 0 aliphatic rings. The summed E-state index contributed by atoms with van der Waals surface area (Å²) >= 11 is 4.23. The molecule has 9 heteroatoms.